The van der Waals surface area contributed by atoms with Gasteiger partial charge in [0, 0.05) is 25.7 Å². The van der Waals surface area contributed by atoms with E-state index < -0.39 is 97.5 Å². The van der Waals surface area contributed by atoms with E-state index in [2.05, 4.69) is 41.5 Å². The van der Waals surface area contributed by atoms with Gasteiger partial charge < -0.3 is 33.8 Å². The van der Waals surface area contributed by atoms with Crippen molar-refractivity contribution in [2.75, 3.05) is 39.6 Å². The van der Waals surface area contributed by atoms with Crippen molar-refractivity contribution in [1.29, 1.82) is 0 Å². The lowest BCUT2D eigenvalue weighted by molar-refractivity contribution is -0.161. The van der Waals surface area contributed by atoms with Crippen molar-refractivity contribution in [3.05, 3.63) is 0 Å². The zero-order valence-corrected chi connectivity index (χ0v) is 61.6. The number of ether oxygens (including phenoxy) is 4. The van der Waals surface area contributed by atoms with Crippen LogP contribution >= 0.6 is 15.6 Å². The highest BCUT2D eigenvalue weighted by Gasteiger charge is 2.30. The summed E-state index contributed by atoms with van der Waals surface area (Å²) in [5, 5.41) is 10.6. The Morgan fingerprint density at radius 1 is 0.293 bits per heavy atom. The molecule has 0 rings (SSSR count). The molecule has 0 aromatic carbocycles. The van der Waals surface area contributed by atoms with Gasteiger partial charge in [0.15, 0.2) is 12.2 Å². The minimum absolute atomic E-state index is 0.101. The number of carbonyl (C=O) groups excluding carboxylic acids is 4. The zero-order valence-electron chi connectivity index (χ0n) is 59.9. The van der Waals surface area contributed by atoms with Gasteiger partial charge in [-0.15, -0.1) is 0 Å². The van der Waals surface area contributed by atoms with E-state index in [1.165, 1.54) is 186 Å². The summed E-state index contributed by atoms with van der Waals surface area (Å²) in [7, 11) is -9.90. The van der Waals surface area contributed by atoms with Crippen molar-refractivity contribution < 1.29 is 80.2 Å². The van der Waals surface area contributed by atoms with Crippen LogP contribution in [-0.2, 0) is 65.4 Å². The van der Waals surface area contributed by atoms with Gasteiger partial charge in [-0.1, -0.05) is 324 Å². The third-order valence-electron chi connectivity index (χ3n) is 17.0. The third-order valence-corrected chi connectivity index (χ3v) is 18.9. The van der Waals surface area contributed by atoms with Crippen LogP contribution in [0.3, 0.4) is 0 Å². The number of aliphatic hydroxyl groups excluding tert-OH is 1. The maximum atomic E-state index is 13.1. The van der Waals surface area contributed by atoms with E-state index >= 15 is 0 Å². The summed E-state index contributed by atoms with van der Waals surface area (Å²) in [4.78, 5) is 72.6. The normalized spacial score (nSPS) is 14.1. The molecular weight excluding hydrogens is 1210 g/mol. The number of rotatable bonds is 72. The first-order valence-electron chi connectivity index (χ1n) is 38.0. The lowest BCUT2D eigenvalue weighted by Crippen LogP contribution is -2.30. The number of phosphoric ester groups is 2. The summed E-state index contributed by atoms with van der Waals surface area (Å²) >= 11 is 0. The van der Waals surface area contributed by atoms with Gasteiger partial charge in [-0.3, -0.25) is 37.3 Å². The molecule has 0 radical (unpaired) electrons. The Balaban J connectivity index is 5.20. The zero-order chi connectivity index (χ0) is 67.9. The molecule has 0 aliphatic carbocycles. The fourth-order valence-electron chi connectivity index (χ4n) is 11.1. The molecule has 0 saturated heterocycles. The molecule has 0 bridgehead atoms. The molecule has 0 fully saturated rings. The van der Waals surface area contributed by atoms with Crippen LogP contribution in [0.2, 0.25) is 0 Å². The largest absolute Gasteiger partial charge is 0.472 e. The maximum absolute atomic E-state index is 13.1. The minimum atomic E-state index is -4.95. The predicted octanol–water partition coefficient (Wildman–Crippen LogP) is 21.2. The van der Waals surface area contributed by atoms with E-state index in [0.717, 1.165) is 96.3 Å². The average Bonchev–Trinajstić information content (AvgIpc) is 1.55. The number of unbranched alkanes of at least 4 members (excludes halogenated alkanes) is 42. The van der Waals surface area contributed by atoms with Crippen LogP contribution in [0.25, 0.3) is 0 Å². The van der Waals surface area contributed by atoms with E-state index in [9.17, 15) is 43.2 Å². The Hall–Kier alpha value is -1.94. The number of carbonyl (C=O) groups is 4. The molecule has 92 heavy (non-hydrogen) atoms. The van der Waals surface area contributed by atoms with Crippen LogP contribution in [-0.4, -0.2) is 96.7 Å². The molecule has 0 amide bonds. The smallest absolute Gasteiger partial charge is 0.462 e. The minimum Gasteiger partial charge on any atom is -0.462 e. The fourth-order valence-corrected chi connectivity index (χ4v) is 12.7. The Morgan fingerprint density at radius 3 is 0.739 bits per heavy atom. The SMILES string of the molecule is CCCCCCCCCCCCCCCCCCCC(=O)OC[C@H](COP(=O)(O)OC[C@@H](O)COP(=O)(O)OC[C@@H](COC(=O)CCCCCCCCC(C)C)OC(=O)CCCCCCCCC(C)C)OC(=O)CCCCCCCCCCCCCCCCCCC. The molecule has 0 aliphatic heterocycles. The van der Waals surface area contributed by atoms with E-state index in [4.69, 9.17) is 37.0 Å². The number of hydrogen-bond acceptors (Lipinski definition) is 15. The van der Waals surface area contributed by atoms with E-state index in [-0.39, 0.29) is 25.7 Å². The molecule has 0 saturated carbocycles. The quantitative estimate of drug-likeness (QED) is 0.0222. The first kappa shape index (κ1) is 90.1. The van der Waals surface area contributed by atoms with E-state index in [1.54, 1.807) is 0 Å². The second kappa shape index (κ2) is 65.0. The van der Waals surface area contributed by atoms with Crippen molar-refractivity contribution in [2.24, 2.45) is 11.8 Å². The van der Waals surface area contributed by atoms with Gasteiger partial charge in [-0.2, -0.15) is 0 Å². The van der Waals surface area contributed by atoms with Crippen LogP contribution in [0.1, 0.15) is 375 Å². The monoisotopic (exact) mass is 1350 g/mol. The summed E-state index contributed by atoms with van der Waals surface area (Å²) in [5.74, 6) is -0.777. The van der Waals surface area contributed by atoms with Gasteiger partial charge >= 0.3 is 39.5 Å². The number of hydrogen-bond donors (Lipinski definition) is 3. The average molecular weight is 1350 g/mol. The topological polar surface area (TPSA) is 237 Å². The van der Waals surface area contributed by atoms with Crippen molar-refractivity contribution in [3.63, 3.8) is 0 Å². The molecule has 546 valence electrons. The van der Waals surface area contributed by atoms with Crippen LogP contribution in [0, 0.1) is 11.8 Å². The second-order valence-electron chi connectivity index (χ2n) is 27.3. The van der Waals surface area contributed by atoms with Gasteiger partial charge in [-0.25, -0.2) is 9.13 Å². The van der Waals surface area contributed by atoms with Gasteiger partial charge in [-0.05, 0) is 37.5 Å². The van der Waals surface area contributed by atoms with E-state index in [1.807, 2.05) is 0 Å². The van der Waals surface area contributed by atoms with Gasteiger partial charge in [0.25, 0.3) is 0 Å². The molecule has 3 N–H and O–H groups in total. The maximum Gasteiger partial charge on any atom is 0.472 e. The number of esters is 4. The summed E-state index contributed by atoms with van der Waals surface area (Å²) in [6.45, 7) is 9.40. The molecule has 0 aromatic rings. The fraction of sp³-hybridized carbons (Fsp3) is 0.945. The summed E-state index contributed by atoms with van der Waals surface area (Å²) in [5.41, 5.74) is 0. The molecule has 0 heterocycles. The second-order valence-corrected chi connectivity index (χ2v) is 30.2. The lowest BCUT2D eigenvalue weighted by Gasteiger charge is -2.21. The number of aliphatic hydroxyl groups is 1. The van der Waals surface area contributed by atoms with Gasteiger partial charge in [0.1, 0.15) is 19.3 Å². The van der Waals surface area contributed by atoms with Crippen molar-refractivity contribution in [1.82, 2.24) is 0 Å². The standard InChI is InChI=1S/C73H142O17P2/c1-7-9-11-13-15-17-19-21-23-25-27-29-31-33-35-43-49-55-70(75)83-61-68(89-72(77)57-51-45-36-34-32-30-28-26-24-22-20-18-16-14-12-10-8-2)63-87-91(79,80)85-59-67(74)60-86-92(81,82)88-64-69(90-73(78)58-52-46-40-38-42-48-54-66(5)6)62-84-71(76)56-50-44-39-37-41-47-53-65(3)4/h65-69,74H,7-64H2,1-6H3,(H,79,80)(H,81,82)/t67-,68-,69-/m1/s1. The molecular formula is C73H142O17P2. The Labute approximate surface area is 562 Å². The highest BCUT2D eigenvalue weighted by molar-refractivity contribution is 7.47. The molecule has 0 aliphatic rings. The van der Waals surface area contributed by atoms with Crippen LogP contribution in [0.4, 0.5) is 0 Å². The van der Waals surface area contributed by atoms with Crippen LogP contribution < -0.4 is 0 Å². The Morgan fingerprint density at radius 2 is 0.500 bits per heavy atom. The first-order chi connectivity index (χ1) is 44.4. The van der Waals surface area contributed by atoms with Crippen molar-refractivity contribution in [2.45, 2.75) is 394 Å². The van der Waals surface area contributed by atoms with E-state index in [0.29, 0.717) is 37.5 Å². The van der Waals surface area contributed by atoms with Crippen LogP contribution in [0.5, 0.6) is 0 Å². The van der Waals surface area contributed by atoms with Gasteiger partial charge in [0.05, 0.1) is 26.4 Å². The molecule has 0 spiro atoms. The summed E-state index contributed by atoms with van der Waals surface area (Å²) in [6, 6.07) is 0. The highest BCUT2D eigenvalue weighted by Crippen LogP contribution is 2.45. The summed E-state index contributed by atoms with van der Waals surface area (Å²) in [6.07, 6.45) is 51.8. The number of phosphoric acid groups is 2. The first-order valence-corrected chi connectivity index (χ1v) is 41.0. The molecule has 0 aromatic heterocycles. The predicted molar refractivity (Wildman–Crippen MR) is 372 cm³/mol. The van der Waals surface area contributed by atoms with Crippen molar-refractivity contribution >= 4 is 39.5 Å². The molecule has 2 unspecified atom stereocenters. The highest BCUT2D eigenvalue weighted by atomic mass is 31.2. The Kier molecular flexibility index (Phi) is 63.7. The van der Waals surface area contributed by atoms with Crippen molar-refractivity contribution in [3.8, 4) is 0 Å². The van der Waals surface area contributed by atoms with Crippen LogP contribution in [0.15, 0.2) is 0 Å². The Bertz CT molecular complexity index is 1790. The van der Waals surface area contributed by atoms with Gasteiger partial charge in [0.2, 0.25) is 0 Å². The summed E-state index contributed by atoms with van der Waals surface area (Å²) < 4.78 is 68.3. The lowest BCUT2D eigenvalue weighted by atomic mass is 10.0. The molecule has 5 atom stereocenters. The molecule has 17 nitrogen and oxygen atoms in total. The third kappa shape index (κ3) is 66.7. The molecule has 19 heteroatoms.